The minimum Gasteiger partial charge on any atom is -0.356 e. The van der Waals surface area contributed by atoms with Gasteiger partial charge in [-0.1, -0.05) is 82.9 Å². The van der Waals surface area contributed by atoms with E-state index in [1.54, 1.807) is 4.90 Å². The van der Waals surface area contributed by atoms with E-state index in [2.05, 4.69) is 18.0 Å². The second kappa shape index (κ2) is 9.46. The Morgan fingerprint density at radius 2 is 1.58 bits per heavy atom. The number of aromatic nitrogens is 1. The van der Waals surface area contributed by atoms with Crippen LogP contribution < -0.4 is 0 Å². The number of hydrogen-bond donors (Lipinski definition) is 1. The Labute approximate surface area is 186 Å². The van der Waals surface area contributed by atoms with E-state index in [0.717, 1.165) is 30.5 Å². The Hall–Kier alpha value is -2.30. The molecular formula is C26H37N3O2. The summed E-state index contributed by atoms with van der Waals surface area (Å²) < 4.78 is 0. The Kier molecular flexibility index (Phi) is 6.68. The number of nitrogens with one attached hydrogen (secondary N) is 1. The minimum atomic E-state index is -0.901. The highest BCUT2D eigenvalue weighted by Gasteiger charge is 2.58. The average molecular weight is 424 g/mol. The number of unbranched alkanes of at least 4 members (excludes halogenated alkanes) is 9. The molecule has 4 rings (SSSR count). The number of carbonyl (C=O) groups excluding carboxylic acids is 2. The molecule has 0 aliphatic carbocycles. The number of imide groups is 1. The minimum absolute atomic E-state index is 0.0686. The predicted octanol–water partition coefficient (Wildman–Crippen LogP) is 6.12. The summed E-state index contributed by atoms with van der Waals surface area (Å²) in [5.41, 5.74) is 2.24. The number of fused-ring (bicyclic) bond motifs is 5. The van der Waals surface area contributed by atoms with Gasteiger partial charge < -0.3 is 9.88 Å². The number of hydrogen-bond acceptors (Lipinski definition) is 2. The van der Waals surface area contributed by atoms with Crippen molar-refractivity contribution in [1.82, 2.24) is 14.8 Å². The van der Waals surface area contributed by atoms with Crippen LogP contribution in [0.25, 0.3) is 10.9 Å². The quantitative estimate of drug-likeness (QED) is 0.349. The summed E-state index contributed by atoms with van der Waals surface area (Å²) in [7, 11) is 0. The van der Waals surface area contributed by atoms with Crippen molar-refractivity contribution in [2.45, 2.75) is 90.0 Å². The summed E-state index contributed by atoms with van der Waals surface area (Å²) in [6.45, 7) is 5.31. The Morgan fingerprint density at radius 1 is 0.935 bits per heavy atom. The van der Waals surface area contributed by atoms with Gasteiger partial charge in [-0.25, -0.2) is 4.79 Å². The van der Waals surface area contributed by atoms with E-state index in [4.69, 9.17) is 0 Å². The van der Waals surface area contributed by atoms with Gasteiger partial charge in [-0.05, 0) is 31.4 Å². The van der Waals surface area contributed by atoms with E-state index in [1.807, 2.05) is 25.1 Å². The van der Waals surface area contributed by atoms with Crippen molar-refractivity contribution in [2.24, 2.45) is 0 Å². The van der Waals surface area contributed by atoms with Gasteiger partial charge in [-0.2, -0.15) is 0 Å². The van der Waals surface area contributed by atoms with Crippen molar-refractivity contribution in [3.8, 4) is 0 Å². The molecule has 3 heterocycles. The third kappa shape index (κ3) is 3.99. The highest BCUT2D eigenvalue weighted by molar-refractivity contribution is 6.08. The van der Waals surface area contributed by atoms with Gasteiger partial charge in [-0.15, -0.1) is 0 Å². The van der Waals surface area contributed by atoms with Gasteiger partial charge in [-0.3, -0.25) is 9.69 Å². The summed E-state index contributed by atoms with van der Waals surface area (Å²) in [6, 6.07) is 8.07. The SMILES string of the molecule is CCCCCCCCCCCCN1C(=O)N2CCc3c([nH]c4ccccc34)C2(C)C1=O. The molecule has 2 aliphatic heterocycles. The summed E-state index contributed by atoms with van der Waals surface area (Å²) in [5, 5.41) is 1.17. The summed E-state index contributed by atoms with van der Waals surface area (Å²) in [5.74, 6) is -0.0686. The molecular weight excluding hydrogens is 386 g/mol. The van der Waals surface area contributed by atoms with E-state index < -0.39 is 5.54 Å². The molecule has 168 valence electrons. The first-order chi connectivity index (χ1) is 15.1. The van der Waals surface area contributed by atoms with E-state index in [0.29, 0.717) is 13.1 Å². The number of H-pyrrole nitrogens is 1. The number of amides is 3. The molecule has 1 saturated heterocycles. The lowest BCUT2D eigenvalue weighted by Crippen LogP contribution is -2.49. The highest BCUT2D eigenvalue weighted by atomic mass is 16.2. The summed E-state index contributed by atoms with van der Waals surface area (Å²) in [6.07, 6.45) is 13.2. The number of nitrogens with zero attached hydrogens (tertiary/aromatic N) is 2. The lowest BCUT2D eigenvalue weighted by atomic mass is 9.87. The molecule has 1 atom stereocenters. The fourth-order valence-corrected chi connectivity index (χ4v) is 5.42. The van der Waals surface area contributed by atoms with Crippen LogP contribution in [0.1, 0.15) is 89.3 Å². The number of rotatable bonds is 11. The average Bonchev–Trinajstić information content (AvgIpc) is 3.25. The van der Waals surface area contributed by atoms with Crippen LogP contribution in [-0.4, -0.2) is 39.8 Å². The summed E-state index contributed by atoms with van der Waals surface area (Å²) in [4.78, 5) is 33.3. The molecule has 2 aromatic rings. The molecule has 1 N–H and O–H groups in total. The molecule has 5 heteroatoms. The molecule has 0 bridgehead atoms. The van der Waals surface area contributed by atoms with Crippen molar-refractivity contribution < 1.29 is 9.59 Å². The van der Waals surface area contributed by atoms with Crippen LogP contribution in [0.4, 0.5) is 4.79 Å². The third-order valence-corrected chi connectivity index (χ3v) is 7.28. The van der Waals surface area contributed by atoms with Crippen molar-refractivity contribution in [1.29, 1.82) is 0 Å². The molecule has 0 spiro atoms. The lowest BCUT2D eigenvalue weighted by molar-refractivity contribution is -0.133. The van der Waals surface area contributed by atoms with Crippen LogP contribution in [0.3, 0.4) is 0 Å². The molecule has 1 unspecified atom stereocenters. The topological polar surface area (TPSA) is 56.4 Å². The van der Waals surface area contributed by atoms with E-state index >= 15 is 0 Å². The first-order valence-corrected chi connectivity index (χ1v) is 12.3. The third-order valence-electron chi connectivity index (χ3n) is 7.28. The molecule has 3 amide bonds. The van der Waals surface area contributed by atoms with Gasteiger partial charge >= 0.3 is 6.03 Å². The maximum Gasteiger partial charge on any atom is 0.327 e. The number of carbonyl (C=O) groups is 2. The Balaban J connectivity index is 1.33. The number of para-hydroxylation sites is 1. The molecule has 0 saturated carbocycles. The fourth-order valence-electron chi connectivity index (χ4n) is 5.42. The second-order valence-electron chi connectivity index (χ2n) is 9.42. The smallest absolute Gasteiger partial charge is 0.327 e. The van der Waals surface area contributed by atoms with E-state index in [-0.39, 0.29) is 11.9 Å². The molecule has 31 heavy (non-hydrogen) atoms. The normalized spacial score (nSPS) is 20.6. The maximum absolute atomic E-state index is 13.4. The second-order valence-corrected chi connectivity index (χ2v) is 9.42. The van der Waals surface area contributed by atoms with Crippen molar-refractivity contribution in [2.75, 3.05) is 13.1 Å². The van der Waals surface area contributed by atoms with Crippen molar-refractivity contribution in [3.05, 3.63) is 35.5 Å². The van der Waals surface area contributed by atoms with Gasteiger partial charge in [0.05, 0.1) is 5.69 Å². The first kappa shape index (κ1) is 21.9. The van der Waals surface area contributed by atoms with Crippen LogP contribution in [0, 0.1) is 0 Å². The molecule has 1 aromatic heterocycles. The van der Waals surface area contributed by atoms with E-state index in [9.17, 15) is 9.59 Å². The van der Waals surface area contributed by atoms with Gasteiger partial charge in [0.15, 0.2) is 5.54 Å². The zero-order valence-corrected chi connectivity index (χ0v) is 19.2. The number of aromatic amines is 1. The maximum atomic E-state index is 13.4. The summed E-state index contributed by atoms with van der Waals surface area (Å²) >= 11 is 0. The molecule has 2 aliphatic rings. The fraction of sp³-hybridized carbons (Fsp3) is 0.615. The van der Waals surface area contributed by atoms with Crippen LogP contribution in [0.5, 0.6) is 0 Å². The molecule has 5 nitrogen and oxygen atoms in total. The predicted molar refractivity (Wildman–Crippen MR) is 125 cm³/mol. The van der Waals surface area contributed by atoms with E-state index in [1.165, 1.54) is 67.2 Å². The van der Waals surface area contributed by atoms with Crippen LogP contribution in [-0.2, 0) is 16.8 Å². The van der Waals surface area contributed by atoms with Gasteiger partial charge in [0.2, 0.25) is 0 Å². The molecule has 0 radical (unpaired) electrons. The molecule has 1 aromatic carbocycles. The van der Waals surface area contributed by atoms with Crippen molar-refractivity contribution >= 4 is 22.8 Å². The monoisotopic (exact) mass is 423 g/mol. The Bertz CT molecular complexity index is 934. The van der Waals surface area contributed by atoms with Crippen LogP contribution in [0.2, 0.25) is 0 Å². The van der Waals surface area contributed by atoms with Gasteiger partial charge in [0.1, 0.15) is 0 Å². The van der Waals surface area contributed by atoms with Crippen LogP contribution in [0.15, 0.2) is 24.3 Å². The van der Waals surface area contributed by atoms with Crippen molar-refractivity contribution in [3.63, 3.8) is 0 Å². The number of urea groups is 1. The largest absolute Gasteiger partial charge is 0.356 e. The van der Waals surface area contributed by atoms with Crippen LogP contribution >= 0.6 is 0 Å². The zero-order valence-electron chi connectivity index (χ0n) is 19.2. The Morgan fingerprint density at radius 3 is 2.29 bits per heavy atom. The van der Waals surface area contributed by atoms with Gasteiger partial charge in [0.25, 0.3) is 5.91 Å². The van der Waals surface area contributed by atoms with Gasteiger partial charge in [0, 0.05) is 24.0 Å². The number of benzene rings is 1. The molecule has 1 fully saturated rings. The lowest BCUT2D eigenvalue weighted by Gasteiger charge is -2.36. The standard InChI is InChI=1S/C26H37N3O2/c1-3-4-5-6-7-8-9-10-11-14-18-28-24(30)26(2)23-21(17-19-29(26)25(28)31)20-15-12-13-16-22(20)27-23/h12-13,15-16,27H,3-11,14,17-19H2,1-2H3. The highest BCUT2D eigenvalue weighted by Crippen LogP contribution is 2.44. The zero-order chi connectivity index (χ0) is 21.8. The first-order valence-electron chi connectivity index (χ1n) is 12.3.